The zero-order chi connectivity index (χ0) is 12.4. The van der Waals surface area contributed by atoms with Crippen molar-refractivity contribution in [3.63, 3.8) is 0 Å². The fourth-order valence-corrected chi connectivity index (χ4v) is 1.66. The lowest BCUT2D eigenvalue weighted by molar-refractivity contribution is -0.137. The Hall–Kier alpha value is -2.37. The van der Waals surface area contributed by atoms with E-state index in [0.29, 0.717) is 6.42 Å². The lowest BCUT2D eigenvalue weighted by atomic mass is 10.1. The van der Waals surface area contributed by atoms with Crippen molar-refractivity contribution >= 4 is 23.4 Å². The molecule has 6 heteroatoms. The van der Waals surface area contributed by atoms with Gasteiger partial charge in [-0.2, -0.15) is 0 Å². The lowest BCUT2D eigenvalue weighted by Crippen LogP contribution is -2.35. The molecule has 0 fully saturated rings. The van der Waals surface area contributed by atoms with Crippen LogP contribution >= 0.6 is 0 Å². The van der Waals surface area contributed by atoms with Crippen molar-refractivity contribution in [2.75, 3.05) is 5.32 Å². The molecule has 3 amide bonds. The summed E-state index contributed by atoms with van der Waals surface area (Å²) in [5.74, 6) is -1.87. The van der Waals surface area contributed by atoms with E-state index in [0.717, 1.165) is 16.8 Å². The van der Waals surface area contributed by atoms with E-state index in [1.807, 2.05) is 6.07 Å². The average Bonchev–Trinajstić information content (AvgIpc) is 2.64. The highest BCUT2D eigenvalue weighted by atomic mass is 16.2. The largest absolute Gasteiger partial charge is 0.361 e. The van der Waals surface area contributed by atoms with Crippen LogP contribution in [0.4, 0.5) is 5.69 Å². The summed E-state index contributed by atoms with van der Waals surface area (Å²) < 4.78 is 0. The Kier molecular flexibility index (Phi) is 2.78. The topological polar surface area (TPSA) is 101 Å². The molecule has 1 aromatic rings. The summed E-state index contributed by atoms with van der Waals surface area (Å²) in [5.41, 5.74) is 7.30. The molecule has 0 aliphatic carbocycles. The predicted molar refractivity (Wildman–Crippen MR) is 59.8 cm³/mol. The number of carbonyl (C=O) groups excluding carboxylic acids is 3. The maximum Gasteiger partial charge on any atom is 0.309 e. The molecule has 1 heterocycles. The molecule has 0 aromatic heterocycles. The highest BCUT2D eigenvalue weighted by molar-refractivity contribution is 6.34. The first-order valence-electron chi connectivity index (χ1n) is 5.05. The van der Waals surface area contributed by atoms with Crippen molar-refractivity contribution in [1.29, 1.82) is 0 Å². The maximum atomic E-state index is 11.1. The Balaban J connectivity index is 2.04. The van der Waals surface area contributed by atoms with Crippen molar-refractivity contribution in [2.45, 2.75) is 13.0 Å². The second-order valence-corrected chi connectivity index (χ2v) is 3.76. The second-order valence-electron chi connectivity index (χ2n) is 3.76. The SMILES string of the molecule is NC(=O)C(=O)NCc1ccc2c(c1)CC(=O)N2. The van der Waals surface area contributed by atoms with E-state index in [-0.39, 0.29) is 12.5 Å². The van der Waals surface area contributed by atoms with Gasteiger partial charge in [0, 0.05) is 12.2 Å². The number of benzene rings is 1. The first kappa shape index (κ1) is 11.1. The number of amides is 3. The van der Waals surface area contributed by atoms with Gasteiger partial charge >= 0.3 is 11.8 Å². The average molecular weight is 233 g/mol. The molecule has 0 saturated carbocycles. The van der Waals surface area contributed by atoms with E-state index in [1.165, 1.54) is 0 Å². The zero-order valence-corrected chi connectivity index (χ0v) is 8.95. The van der Waals surface area contributed by atoms with Crippen LogP contribution in [0.3, 0.4) is 0 Å². The second kappa shape index (κ2) is 4.25. The summed E-state index contributed by atoms with van der Waals surface area (Å²) >= 11 is 0. The third-order valence-corrected chi connectivity index (χ3v) is 2.47. The van der Waals surface area contributed by atoms with Crippen LogP contribution in [0.2, 0.25) is 0 Å². The molecule has 88 valence electrons. The Labute approximate surface area is 97.2 Å². The summed E-state index contributed by atoms with van der Waals surface area (Å²) in [7, 11) is 0. The number of nitrogens with one attached hydrogen (secondary N) is 2. The molecular weight excluding hydrogens is 222 g/mol. The van der Waals surface area contributed by atoms with Gasteiger partial charge in [0.15, 0.2) is 0 Å². The third kappa shape index (κ3) is 2.41. The van der Waals surface area contributed by atoms with E-state index in [1.54, 1.807) is 12.1 Å². The number of carbonyl (C=O) groups is 3. The normalized spacial score (nSPS) is 12.8. The van der Waals surface area contributed by atoms with Crippen molar-refractivity contribution in [3.8, 4) is 0 Å². The van der Waals surface area contributed by atoms with Crippen LogP contribution < -0.4 is 16.4 Å². The minimum absolute atomic E-state index is 0.0432. The number of hydrogen-bond acceptors (Lipinski definition) is 3. The van der Waals surface area contributed by atoms with Crippen LogP contribution in [0.1, 0.15) is 11.1 Å². The number of fused-ring (bicyclic) bond motifs is 1. The van der Waals surface area contributed by atoms with Gasteiger partial charge in [0.1, 0.15) is 0 Å². The minimum atomic E-state index is -1.01. The molecule has 4 N–H and O–H groups in total. The van der Waals surface area contributed by atoms with E-state index in [4.69, 9.17) is 5.73 Å². The van der Waals surface area contributed by atoms with Gasteiger partial charge in [-0.25, -0.2) is 0 Å². The first-order chi connectivity index (χ1) is 8.06. The van der Waals surface area contributed by atoms with Crippen molar-refractivity contribution < 1.29 is 14.4 Å². The molecule has 0 saturated heterocycles. The molecule has 1 aliphatic heterocycles. The van der Waals surface area contributed by atoms with Crippen molar-refractivity contribution in [2.24, 2.45) is 5.73 Å². The van der Waals surface area contributed by atoms with Crippen LogP contribution in [0.25, 0.3) is 0 Å². The molecule has 6 nitrogen and oxygen atoms in total. The van der Waals surface area contributed by atoms with Crippen LogP contribution in [0, 0.1) is 0 Å². The van der Waals surface area contributed by atoms with E-state index >= 15 is 0 Å². The number of rotatable bonds is 2. The highest BCUT2D eigenvalue weighted by Gasteiger charge is 2.17. The molecule has 0 spiro atoms. The summed E-state index contributed by atoms with van der Waals surface area (Å²) in [6.45, 7) is 0.212. The summed E-state index contributed by atoms with van der Waals surface area (Å²) in [6.07, 6.45) is 0.340. The Bertz CT molecular complexity index is 511. The summed E-state index contributed by atoms with van der Waals surface area (Å²) in [5, 5.41) is 5.09. The van der Waals surface area contributed by atoms with Gasteiger partial charge in [-0.1, -0.05) is 12.1 Å². The zero-order valence-electron chi connectivity index (χ0n) is 8.95. The van der Waals surface area contributed by atoms with Crippen LogP contribution in [-0.4, -0.2) is 17.7 Å². The molecule has 0 radical (unpaired) electrons. The molecule has 0 unspecified atom stereocenters. The summed E-state index contributed by atoms with van der Waals surface area (Å²) in [4.78, 5) is 32.6. The monoisotopic (exact) mass is 233 g/mol. The fourth-order valence-electron chi connectivity index (χ4n) is 1.66. The quantitative estimate of drug-likeness (QED) is 0.587. The maximum absolute atomic E-state index is 11.1. The third-order valence-electron chi connectivity index (χ3n) is 2.47. The van der Waals surface area contributed by atoms with Crippen LogP contribution in [0.15, 0.2) is 18.2 Å². The summed E-state index contributed by atoms with van der Waals surface area (Å²) in [6, 6.07) is 5.35. The van der Waals surface area contributed by atoms with Crippen LogP contribution in [0.5, 0.6) is 0 Å². The first-order valence-corrected chi connectivity index (χ1v) is 5.05. The number of nitrogens with two attached hydrogens (primary N) is 1. The molecule has 2 rings (SSSR count). The van der Waals surface area contributed by atoms with Crippen molar-refractivity contribution in [3.05, 3.63) is 29.3 Å². The van der Waals surface area contributed by atoms with E-state index in [2.05, 4.69) is 10.6 Å². The van der Waals surface area contributed by atoms with Gasteiger partial charge in [0.2, 0.25) is 5.91 Å². The fraction of sp³-hybridized carbons (Fsp3) is 0.182. The molecule has 1 aromatic carbocycles. The van der Waals surface area contributed by atoms with Gasteiger partial charge in [-0.15, -0.1) is 0 Å². The predicted octanol–water partition coefficient (Wildman–Crippen LogP) is -0.717. The van der Waals surface area contributed by atoms with Gasteiger partial charge in [0.05, 0.1) is 6.42 Å². The highest BCUT2D eigenvalue weighted by Crippen LogP contribution is 2.23. The molecule has 0 atom stereocenters. The molecule has 17 heavy (non-hydrogen) atoms. The van der Waals surface area contributed by atoms with Crippen molar-refractivity contribution in [1.82, 2.24) is 5.32 Å². The smallest absolute Gasteiger partial charge is 0.309 e. The minimum Gasteiger partial charge on any atom is -0.361 e. The number of anilines is 1. The Morgan fingerprint density at radius 3 is 2.88 bits per heavy atom. The Morgan fingerprint density at radius 2 is 2.18 bits per heavy atom. The van der Waals surface area contributed by atoms with Gasteiger partial charge in [0.25, 0.3) is 0 Å². The van der Waals surface area contributed by atoms with E-state index in [9.17, 15) is 14.4 Å². The number of hydrogen-bond donors (Lipinski definition) is 3. The lowest BCUT2D eigenvalue weighted by Gasteiger charge is -2.05. The van der Waals surface area contributed by atoms with Gasteiger partial charge in [-0.3, -0.25) is 14.4 Å². The standard InChI is InChI=1S/C11H11N3O3/c12-10(16)11(17)13-5-6-1-2-8-7(3-6)4-9(15)14-8/h1-3H,4-5H2,(H2,12,16)(H,13,17)(H,14,15). The Morgan fingerprint density at radius 1 is 1.41 bits per heavy atom. The molecule has 1 aliphatic rings. The molecule has 0 bridgehead atoms. The van der Waals surface area contributed by atoms with E-state index < -0.39 is 11.8 Å². The van der Waals surface area contributed by atoms with Gasteiger partial charge in [-0.05, 0) is 17.2 Å². The van der Waals surface area contributed by atoms with Crippen LogP contribution in [-0.2, 0) is 27.3 Å². The number of primary amides is 1. The van der Waals surface area contributed by atoms with Gasteiger partial charge < -0.3 is 16.4 Å². The molecular formula is C11H11N3O3.